The number of hydrogen-bond donors (Lipinski definition) is 1. The zero-order valence-electron chi connectivity index (χ0n) is 15.0. The fraction of sp³-hybridized carbons (Fsp3) is 0.350. The van der Waals surface area contributed by atoms with E-state index in [1.54, 1.807) is 18.3 Å². The summed E-state index contributed by atoms with van der Waals surface area (Å²) in [6.45, 7) is 3.19. The second-order valence-corrected chi connectivity index (χ2v) is 8.02. The minimum absolute atomic E-state index is 0.738. The fourth-order valence-corrected chi connectivity index (χ4v) is 4.03. The molecule has 0 radical (unpaired) electrons. The molecule has 1 aromatic carbocycles. The molecule has 1 aliphatic carbocycles. The summed E-state index contributed by atoms with van der Waals surface area (Å²) in [6.07, 6.45) is 8.04. The van der Waals surface area contributed by atoms with Crippen molar-refractivity contribution in [2.75, 3.05) is 35.9 Å². The molecule has 1 N–H and O–H groups in total. The highest BCUT2D eigenvalue weighted by Gasteiger charge is 2.22. The lowest BCUT2D eigenvalue weighted by Crippen LogP contribution is -2.36. The van der Waals surface area contributed by atoms with E-state index < -0.39 is 0 Å². The van der Waals surface area contributed by atoms with Crippen molar-refractivity contribution in [3.05, 3.63) is 43.0 Å². The molecule has 1 saturated carbocycles. The van der Waals surface area contributed by atoms with Crippen LogP contribution in [0.15, 0.2) is 43.0 Å². The van der Waals surface area contributed by atoms with Crippen molar-refractivity contribution in [3.8, 4) is 11.1 Å². The SMILES string of the molecule is c1nc(N2CCOCC2)c2cc(-c3cncc(NSC4CC4)c3)ccc2n1. The molecule has 1 aliphatic heterocycles. The summed E-state index contributed by atoms with van der Waals surface area (Å²) in [5, 5.41) is 1.82. The van der Waals surface area contributed by atoms with Crippen LogP contribution in [0.4, 0.5) is 11.5 Å². The van der Waals surface area contributed by atoms with Gasteiger partial charge in [0.1, 0.15) is 12.1 Å². The summed E-state index contributed by atoms with van der Waals surface area (Å²) in [4.78, 5) is 15.7. The van der Waals surface area contributed by atoms with Crippen LogP contribution in [0.25, 0.3) is 22.0 Å². The number of nitrogens with zero attached hydrogens (tertiary/aromatic N) is 4. The average Bonchev–Trinajstić information content (AvgIpc) is 3.57. The third-order valence-electron chi connectivity index (χ3n) is 4.86. The number of aromatic nitrogens is 3. The second kappa shape index (κ2) is 7.32. The topological polar surface area (TPSA) is 63.2 Å². The summed E-state index contributed by atoms with van der Waals surface area (Å²) in [5.74, 6) is 0.983. The third-order valence-corrected chi connectivity index (χ3v) is 6.02. The quantitative estimate of drug-likeness (QED) is 0.677. The highest BCUT2D eigenvalue weighted by Crippen LogP contribution is 2.35. The minimum atomic E-state index is 0.738. The van der Waals surface area contributed by atoms with Gasteiger partial charge in [-0.1, -0.05) is 6.07 Å². The van der Waals surface area contributed by atoms with Crippen LogP contribution in [0.1, 0.15) is 12.8 Å². The van der Waals surface area contributed by atoms with Crippen LogP contribution in [-0.2, 0) is 4.74 Å². The largest absolute Gasteiger partial charge is 0.378 e. The maximum Gasteiger partial charge on any atom is 0.140 e. The van der Waals surface area contributed by atoms with E-state index in [-0.39, 0.29) is 0 Å². The van der Waals surface area contributed by atoms with Crippen molar-refractivity contribution >= 4 is 34.4 Å². The Morgan fingerprint density at radius 3 is 2.78 bits per heavy atom. The summed E-state index contributed by atoms with van der Waals surface area (Å²) in [5.41, 5.74) is 4.22. The Kier molecular flexibility index (Phi) is 4.55. The lowest BCUT2D eigenvalue weighted by molar-refractivity contribution is 0.122. The molecule has 27 heavy (non-hydrogen) atoms. The van der Waals surface area contributed by atoms with E-state index in [1.165, 1.54) is 12.8 Å². The van der Waals surface area contributed by atoms with Gasteiger partial charge in [0, 0.05) is 35.5 Å². The summed E-state index contributed by atoms with van der Waals surface area (Å²) < 4.78 is 8.91. The average molecular weight is 379 g/mol. The summed E-state index contributed by atoms with van der Waals surface area (Å²) in [7, 11) is 0. The molecule has 6 nitrogen and oxygen atoms in total. The molecule has 0 amide bonds. The molecule has 7 heteroatoms. The maximum atomic E-state index is 5.48. The van der Waals surface area contributed by atoms with E-state index in [4.69, 9.17) is 4.74 Å². The molecule has 5 rings (SSSR count). The minimum Gasteiger partial charge on any atom is -0.378 e. The molecule has 2 fully saturated rings. The fourth-order valence-electron chi connectivity index (χ4n) is 3.24. The van der Waals surface area contributed by atoms with Gasteiger partial charge < -0.3 is 14.4 Å². The number of ether oxygens (including phenoxy) is 1. The molecule has 3 heterocycles. The van der Waals surface area contributed by atoms with Crippen molar-refractivity contribution < 1.29 is 4.74 Å². The van der Waals surface area contributed by atoms with Gasteiger partial charge >= 0.3 is 0 Å². The highest BCUT2D eigenvalue weighted by atomic mass is 32.2. The van der Waals surface area contributed by atoms with Crippen molar-refractivity contribution in [1.82, 2.24) is 15.0 Å². The number of anilines is 2. The lowest BCUT2D eigenvalue weighted by Gasteiger charge is -2.28. The molecule has 3 aromatic rings. The van der Waals surface area contributed by atoms with Gasteiger partial charge in [-0.2, -0.15) is 0 Å². The van der Waals surface area contributed by atoms with Crippen LogP contribution < -0.4 is 9.62 Å². The molecule has 2 aliphatic rings. The van der Waals surface area contributed by atoms with E-state index >= 15 is 0 Å². The molecule has 1 saturated heterocycles. The van der Waals surface area contributed by atoms with Gasteiger partial charge in [-0.3, -0.25) is 4.98 Å². The van der Waals surface area contributed by atoms with Gasteiger partial charge in [0.25, 0.3) is 0 Å². The highest BCUT2D eigenvalue weighted by molar-refractivity contribution is 8.01. The van der Waals surface area contributed by atoms with Gasteiger partial charge in [0.2, 0.25) is 0 Å². The molecule has 0 unspecified atom stereocenters. The van der Waals surface area contributed by atoms with E-state index in [0.717, 1.165) is 65.1 Å². The number of hydrogen-bond acceptors (Lipinski definition) is 7. The molecule has 138 valence electrons. The van der Waals surface area contributed by atoms with E-state index in [0.29, 0.717) is 0 Å². The number of nitrogens with one attached hydrogen (secondary N) is 1. The summed E-state index contributed by atoms with van der Waals surface area (Å²) >= 11 is 1.79. The molecular weight excluding hydrogens is 358 g/mol. The van der Waals surface area contributed by atoms with Gasteiger partial charge in [-0.15, -0.1) is 0 Å². The van der Waals surface area contributed by atoms with Crippen molar-refractivity contribution in [1.29, 1.82) is 0 Å². The normalized spacial score (nSPS) is 17.3. The predicted octanol–water partition coefficient (Wildman–Crippen LogP) is 3.75. The molecule has 2 aromatic heterocycles. The van der Waals surface area contributed by atoms with Crippen molar-refractivity contribution in [2.45, 2.75) is 18.1 Å². The number of rotatable bonds is 5. The Bertz CT molecular complexity index is 956. The van der Waals surface area contributed by atoms with Crippen LogP contribution in [0.2, 0.25) is 0 Å². The first-order valence-corrected chi connectivity index (χ1v) is 10.2. The zero-order valence-corrected chi connectivity index (χ0v) is 15.8. The molecule has 0 spiro atoms. The van der Waals surface area contributed by atoms with Gasteiger partial charge in [0.05, 0.1) is 30.6 Å². The van der Waals surface area contributed by atoms with Gasteiger partial charge in [-0.05, 0) is 48.6 Å². The monoisotopic (exact) mass is 379 g/mol. The smallest absolute Gasteiger partial charge is 0.140 e. The summed E-state index contributed by atoms with van der Waals surface area (Å²) in [6, 6.07) is 8.50. The first-order chi connectivity index (χ1) is 13.4. The van der Waals surface area contributed by atoms with E-state index in [1.807, 2.05) is 12.4 Å². The lowest BCUT2D eigenvalue weighted by atomic mass is 10.0. The molecule has 0 atom stereocenters. The number of pyridine rings is 1. The van der Waals surface area contributed by atoms with Crippen molar-refractivity contribution in [3.63, 3.8) is 0 Å². The predicted molar refractivity (Wildman–Crippen MR) is 110 cm³/mol. The zero-order chi connectivity index (χ0) is 18.1. The van der Waals surface area contributed by atoms with E-state index in [2.05, 4.69) is 48.8 Å². The first-order valence-electron chi connectivity index (χ1n) is 9.31. The Balaban J connectivity index is 1.49. The Morgan fingerprint density at radius 1 is 1.04 bits per heavy atom. The second-order valence-electron chi connectivity index (χ2n) is 6.91. The maximum absolute atomic E-state index is 5.48. The van der Waals surface area contributed by atoms with Crippen LogP contribution in [0.3, 0.4) is 0 Å². The van der Waals surface area contributed by atoms with Crippen LogP contribution in [0, 0.1) is 0 Å². The van der Waals surface area contributed by atoms with Crippen LogP contribution in [-0.4, -0.2) is 46.5 Å². The Labute approximate surface area is 162 Å². The Hall–Kier alpha value is -2.38. The first kappa shape index (κ1) is 16.8. The standard InChI is InChI=1S/C20H21N5OS/c1-4-19-18(20(23-13-22-19)25-5-7-26-8-6-25)10-14(1)15-9-16(12-21-11-15)24-27-17-2-3-17/h1,4,9-13,17,24H,2-3,5-8H2. The van der Waals surface area contributed by atoms with E-state index in [9.17, 15) is 0 Å². The third kappa shape index (κ3) is 3.70. The molecule has 0 bridgehead atoms. The van der Waals surface area contributed by atoms with Crippen LogP contribution >= 0.6 is 11.9 Å². The van der Waals surface area contributed by atoms with Crippen LogP contribution in [0.5, 0.6) is 0 Å². The van der Waals surface area contributed by atoms with Gasteiger partial charge in [0.15, 0.2) is 0 Å². The van der Waals surface area contributed by atoms with Gasteiger partial charge in [-0.25, -0.2) is 9.97 Å². The number of benzene rings is 1. The van der Waals surface area contributed by atoms with Crippen molar-refractivity contribution in [2.24, 2.45) is 0 Å². The number of fused-ring (bicyclic) bond motifs is 1. The molecular formula is C20H21N5OS. The number of morpholine rings is 1. The Morgan fingerprint density at radius 2 is 1.93 bits per heavy atom.